The number of para-hydroxylation sites is 1. The van der Waals surface area contributed by atoms with E-state index in [-0.39, 0.29) is 11.9 Å². The molecule has 2 aromatic rings. The number of rotatable bonds is 10. The number of esters is 1. The molecule has 0 radical (unpaired) electrons. The van der Waals surface area contributed by atoms with Crippen molar-refractivity contribution in [3.8, 4) is 5.75 Å². The minimum atomic E-state index is -3.49. The third-order valence-electron chi connectivity index (χ3n) is 4.92. The second-order valence-corrected chi connectivity index (χ2v) is 11.9. The van der Waals surface area contributed by atoms with E-state index in [9.17, 15) is 14.7 Å². The van der Waals surface area contributed by atoms with E-state index in [1.54, 1.807) is 44.2 Å². The molecule has 0 bridgehead atoms. The van der Waals surface area contributed by atoms with Gasteiger partial charge in [-0.05, 0) is 50.8 Å². The maximum absolute atomic E-state index is 15.3. The first kappa shape index (κ1) is 28.5. The molecule has 1 saturated heterocycles. The summed E-state index contributed by atoms with van der Waals surface area (Å²) in [5.74, 6) is -0.320. The normalized spacial score (nSPS) is 26.4. The van der Waals surface area contributed by atoms with E-state index in [0.717, 1.165) is 10.8 Å². The highest BCUT2D eigenvalue weighted by Crippen LogP contribution is 2.48. The Balaban J connectivity index is 1.79. The molecule has 3 rings (SSSR count). The standard InChI is InChI=1S/C21H27ClFN4O7PS/c1-12(2)32-18(29)13(3)26-35(36,34-14-7-5-4-6-8-14)31-11-15-17(28)21(22,23)19(33-15)27-10-9-16(24)25-20(27)30/h4-10,12-13,15,17,19,28H,11H2,1-3H3,(H,26,36)(H2,24,25,30)/t13?,15-,17-,19-,21+,35?/m1/s1. The molecule has 1 fully saturated rings. The molecule has 1 aromatic heterocycles. The van der Waals surface area contributed by atoms with Gasteiger partial charge in [-0.1, -0.05) is 29.8 Å². The van der Waals surface area contributed by atoms with Crippen molar-refractivity contribution < 1.29 is 32.8 Å². The molecule has 0 spiro atoms. The topological polar surface area (TPSA) is 147 Å². The first-order valence-electron chi connectivity index (χ1n) is 10.9. The Morgan fingerprint density at radius 1 is 1.39 bits per heavy atom. The summed E-state index contributed by atoms with van der Waals surface area (Å²) in [4.78, 5) is 28.0. The summed E-state index contributed by atoms with van der Waals surface area (Å²) >= 11 is 11.5. The molecule has 6 atom stereocenters. The molecule has 2 heterocycles. The maximum Gasteiger partial charge on any atom is 0.351 e. The molecular formula is C21H27ClFN4O7PS. The fraction of sp³-hybridized carbons (Fsp3) is 0.476. The summed E-state index contributed by atoms with van der Waals surface area (Å²) in [7, 11) is 0. The van der Waals surface area contributed by atoms with Gasteiger partial charge in [-0.2, -0.15) is 4.98 Å². The number of alkyl halides is 2. The van der Waals surface area contributed by atoms with Crippen LogP contribution >= 0.6 is 18.2 Å². The second kappa shape index (κ2) is 11.5. The van der Waals surface area contributed by atoms with Gasteiger partial charge in [0.1, 0.15) is 29.8 Å². The van der Waals surface area contributed by atoms with Crippen LogP contribution in [-0.4, -0.2) is 56.7 Å². The number of carbonyl (C=O) groups is 1. The minimum Gasteiger partial charge on any atom is -0.462 e. The van der Waals surface area contributed by atoms with Crippen LogP contribution in [0, 0.1) is 0 Å². The van der Waals surface area contributed by atoms with Crippen LogP contribution in [0.3, 0.4) is 0 Å². The zero-order valence-corrected chi connectivity index (χ0v) is 22.1. The second-order valence-electron chi connectivity index (χ2n) is 8.22. The van der Waals surface area contributed by atoms with Gasteiger partial charge in [0, 0.05) is 6.20 Å². The quantitative estimate of drug-likeness (QED) is 0.222. The Hall–Kier alpha value is -2.12. The number of aliphatic hydroxyl groups is 1. The molecule has 0 saturated carbocycles. The van der Waals surface area contributed by atoms with Gasteiger partial charge in [0.15, 0.2) is 6.23 Å². The van der Waals surface area contributed by atoms with Crippen molar-refractivity contribution in [1.82, 2.24) is 14.6 Å². The zero-order valence-electron chi connectivity index (χ0n) is 19.6. The number of nitrogen functional groups attached to an aromatic ring is 1. The first-order chi connectivity index (χ1) is 16.8. The minimum absolute atomic E-state index is 0.0800. The Morgan fingerprint density at radius 2 is 2.06 bits per heavy atom. The summed E-state index contributed by atoms with van der Waals surface area (Å²) in [6.07, 6.45) is -4.22. The van der Waals surface area contributed by atoms with Gasteiger partial charge in [0.2, 0.25) is 0 Å². The highest BCUT2D eigenvalue weighted by molar-refractivity contribution is 8.09. The van der Waals surface area contributed by atoms with Crippen molar-refractivity contribution in [2.75, 3.05) is 12.3 Å². The van der Waals surface area contributed by atoms with E-state index in [1.165, 1.54) is 13.0 Å². The molecule has 11 nitrogen and oxygen atoms in total. The Kier molecular flexibility index (Phi) is 9.10. The third-order valence-corrected chi connectivity index (χ3v) is 7.83. The number of nitrogens with two attached hydrogens (primary N) is 1. The number of hydrogen-bond donors (Lipinski definition) is 3. The molecule has 36 heavy (non-hydrogen) atoms. The fourth-order valence-electron chi connectivity index (χ4n) is 3.22. The van der Waals surface area contributed by atoms with Crippen LogP contribution in [0.5, 0.6) is 5.75 Å². The number of benzene rings is 1. The van der Waals surface area contributed by atoms with Crippen molar-refractivity contribution in [2.45, 2.75) is 56.5 Å². The number of anilines is 1. The number of aromatic nitrogens is 2. The lowest BCUT2D eigenvalue weighted by Crippen LogP contribution is -2.41. The number of ether oxygens (including phenoxy) is 2. The summed E-state index contributed by atoms with van der Waals surface area (Å²) in [6.45, 7) is 0.933. The van der Waals surface area contributed by atoms with E-state index >= 15 is 4.39 Å². The van der Waals surface area contributed by atoms with E-state index in [0.29, 0.717) is 5.75 Å². The summed E-state index contributed by atoms with van der Waals surface area (Å²) in [5.41, 5.74) is 4.55. The van der Waals surface area contributed by atoms with Gasteiger partial charge in [0.25, 0.3) is 5.13 Å². The lowest BCUT2D eigenvalue weighted by Gasteiger charge is -2.28. The fourth-order valence-corrected chi connectivity index (χ4v) is 5.93. The molecule has 4 N–H and O–H groups in total. The van der Waals surface area contributed by atoms with Gasteiger partial charge in [-0.25, -0.2) is 14.3 Å². The predicted octanol–water partition coefficient (Wildman–Crippen LogP) is 2.24. The van der Waals surface area contributed by atoms with Crippen LogP contribution in [0.1, 0.15) is 27.0 Å². The van der Waals surface area contributed by atoms with Gasteiger partial charge >= 0.3 is 18.3 Å². The van der Waals surface area contributed by atoms with Crippen LogP contribution < -0.4 is 21.0 Å². The van der Waals surface area contributed by atoms with Crippen LogP contribution in [0.2, 0.25) is 0 Å². The first-order valence-corrected chi connectivity index (χ1v) is 13.9. The van der Waals surface area contributed by atoms with E-state index in [1.807, 2.05) is 0 Å². The van der Waals surface area contributed by atoms with Crippen LogP contribution in [-0.2, 0) is 30.6 Å². The Labute approximate surface area is 216 Å². The molecule has 2 unspecified atom stereocenters. The molecule has 0 aliphatic carbocycles. The molecule has 0 amide bonds. The molecule has 1 aromatic carbocycles. The van der Waals surface area contributed by atoms with Crippen molar-refractivity contribution in [2.24, 2.45) is 0 Å². The lowest BCUT2D eigenvalue weighted by atomic mass is 10.1. The highest BCUT2D eigenvalue weighted by Gasteiger charge is 2.58. The van der Waals surface area contributed by atoms with Gasteiger partial charge < -0.3 is 29.4 Å². The number of halogens is 2. The summed E-state index contributed by atoms with van der Waals surface area (Å²) < 4.78 is 38.4. The van der Waals surface area contributed by atoms with Gasteiger partial charge in [-0.3, -0.25) is 9.36 Å². The summed E-state index contributed by atoms with van der Waals surface area (Å²) in [5, 5.41) is 10.4. The van der Waals surface area contributed by atoms with Gasteiger partial charge in [0.05, 0.1) is 12.7 Å². The molecule has 1 aliphatic rings. The SMILES string of the molecule is CC(C)OC(=O)C(C)NP(=S)(OC[C@H]1O[C@@H](n2ccc(N)nc2=O)[C@](F)(Cl)[C@@H]1O)Oc1ccccc1. The monoisotopic (exact) mass is 564 g/mol. The average Bonchev–Trinajstić information content (AvgIpc) is 3.01. The average molecular weight is 565 g/mol. The smallest absolute Gasteiger partial charge is 0.351 e. The zero-order chi connectivity index (χ0) is 26.7. The largest absolute Gasteiger partial charge is 0.462 e. The maximum atomic E-state index is 15.3. The highest BCUT2D eigenvalue weighted by atomic mass is 35.5. The van der Waals surface area contributed by atoms with Crippen molar-refractivity contribution in [3.63, 3.8) is 0 Å². The Bertz CT molecular complexity index is 1170. The lowest BCUT2D eigenvalue weighted by molar-refractivity contribution is -0.149. The van der Waals surface area contributed by atoms with E-state index in [2.05, 4.69) is 10.1 Å². The number of hydrogen-bond acceptors (Lipinski definition) is 10. The van der Waals surface area contributed by atoms with Crippen LogP contribution in [0.4, 0.5) is 10.2 Å². The van der Waals surface area contributed by atoms with Crippen molar-refractivity contribution >= 4 is 41.8 Å². The van der Waals surface area contributed by atoms with E-state index < -0.39 is 54.5 Å². The summed E-state index contributed by atoms with van der Waals surface area (Å²) in [6, 6.07) is 8.79. The number of nitrogens with one attached hydrogen (secondary N) is 1. The van der Waals surface area contributed by atoms with Gasteiger partial charge in [-0.15, -0.1) is 0 Å². The third kappa shape index (κ3) is 6.80. The molecule has 198 valence electrons. The van der Waals surface area contributed by atoms with Crippen molar-refractivity contribution in [1.29, 1.82) is 0 Å². The Morgan fingerprint density at radius 3 is 2.67 bits per heavy atom. The molecular weight excluding hydrogens is 538 g/mol. The number of carbonyl (C=O) groups excluding carboxylic acids is 1. The predicted molar refractivity (Wildman–Crippen MR) is 134 cm³/mol. The van der Waals surface area contributed by atoms with Crippen LogP contribution in [0.25, 0.3) is 0 Å². The van der Waals surface area contributed by atoms with Crippen LogP contribution in [0.15, 0.2) is 47.4 Å². The number of aliphatic hydroxyl groups excluding tert-OH is 1. The van der Waals surface area contributed by atoms with E-state index in [4.69, 9.17) is 47.7 Å². The molecule has 1 aliphatic heterocycles. The number of nitrogens with zero attached hydrogens (tertiary/aromatic N) is 2. The molecule has 15 heteroatoms. The van der Waals surface area contributed by atoms with Crippen molar-refractivity contribution in [3.05, 3.63) is 53.1 Å².